The highest BCUT2D eigenvalue weighted by Gasteiger charge is 2.27. The molecule has 1 aliphatic rings. The molecule has 0 atom stereocenters. The number of likely N-dealkylation sites (tertiary alicyclic amines) is 1. The van der Waals surface area contributed by atoms with Crippen LogP contribution in [0.1, 0.15) is 30.1 Å². The van der Waals surface area contributed by atoms with Gasteiger partial charge in [0.1, 0.15) is 5.75 Å². The molecule has 1 fully saturated rings. The fourth-order valence-electron chi connectivity index (χ4n) is 4.66. The zero-order valence-electron chi connectivity index (χ0n) is 17.8. The Hall–Kier alpha value is -3.34. The molecule has 0 spiro atoms. The number of hydrogen-bond donors (Lipinski definition) is 0. The van der Waals surface area contributed by atoms with Gasteiger partial charge in [0.05, 0.1) is 29.5 Å². The van der Waals surface area contributed by atoms with E-state index in [0.717, 1.165) is 48.8 Å². The molecule has 158 valence electrons. The maximum Gasteiger partial charge on any atom is 0.258 e. The minimum absolute atomic E-state index is 0.0757. The molecule has 0 saturated carbocycles. The van der Waals surface area contributed by atoms with Gasteiger partial charge in [0.25, 0.3) is 5.91 Å². The van der Waals surface area contributed by atoms with Crippen LogP contribution in [0.25, 0.3) is 21.8 Å². The van der Waals surface area contributed by atoms with Crippen LogP contribution in [0.5, 0.6) is 5.75 Å². The highest BCUT2D eigenvalue weighted by atomic mass is 16.5. The number of imidazole rings is 1. The van der Waals surface area contributed by atoms with Crippen LogP contribution in [0.15, 0.2) is 67.0 Å². The Morgan fingerprint density at radius 3 is 2.65 bits per heavy atom. The fourth-order valence-corrected chi connectivity index (χ4v) is 4.66. The zero-order valence-corrected chi connectivity index (χ0v) is 17.8. The van der Waals surface area contributed by atoms with Gasteiger partial charge in [0.15, 0.2) is 0 Å². The minimum Gasteiger partial charge on any atom is -0.493 e. The van der Waals surface area contributed by atoms with Crippen LogP contribution in [0, 0.1) is 5.92 Å². The van der Waals surface area contributed by atoms with E-state index in [1.807, 2.05) is 66.7 Å². The van der Waals surface area contributed by atoms with Gasteiger partial charge >= 0.3 is 0 Å². The molecule has 0 N–H and O–H groups in total. The van der Waals surface area contributed by atoms with Crippen LogP contribution in [0.3, 0.4) is 0 Å². The number of piperidine rings is 1. The molecule has 0 unspecified atom stereocenters. The molecule has 3 aromatic carbocycles. The summed E-state index contributed by atoms with van der Waals surface area (Å²) >= 11 is 0. The smallest absolute Gasteiger partial charge is 0.258 e. The summed E-state index contributed by atoms with van der Waals surface area (Å²) in [4.78, 5) is 20.0. The Morgan fingerprint density at radius 2 is 1.81 bits per heavy atom. The van der Waals surface area contributed by atoms with Gasteiger partial charge < -0.3 is 14.2 Å². The molecular formula is C26H27N3O2. The number of carbonyl (C=O) groups excluding carboxylic acids is 1. The van der Waals surface area contributed by atoms with E-state index in [9.17, 15) is 4.79 Å². The van der Waals surface area contributed by atoms with E-state index in [4.69, 9.17) is 4.74 Å². The number of benzene rings is 3. The van der Waals surface area contributed by atoms with Crippen molar-refractivity contribution in [2.24, 2.45) is 5.92 Å². The van der Waals surface area contributed by atoms with Crippen LogP contribution in [0.2, 0.25) is 0 Å². The van der Waals surface area contributed by atoms with Crippen LogP contribution < -0.4 is 4.74 Å². The lowest BCUT2D eigenvalue weighted by Gasteiger charge is -2.33. The van der Waals surface area contributed by atoms with Gasteiger partial charge in [0, 0.05) is 19.6 Å². The van der Waals surface area contributed by atoms with E-state index in [1.165, 1.54) is 5.52 Å². The molecule has 0 radical (unpaired) electrons. The molecule has 5 nitrogen and oxygen atoms in total. The van der Waals surface area contributed by atoms with Gasteiger partial charge in [0.2, 0.25) is 0 Å². The highest BCUT2D eigenvalue weighted by molar-refractivity contribution is 6.09. The number of ether oxygens (including phenoxy) is 1. The minimum atomic E-state index is 0.0757. The second-order valence-electron chi connectivity index (χ2n) is 8.21. The first-order chi connectivity index (χ1) is 15.2. The first-order valence-corrected chi connectivity index (χ1v) is 11.1. The number of nitrogens with zero attached hydrogens (tertiary/aromatic N) is 3. The van der Waals surface area contributed by atoms with Crippen LogP contribution >= 0.6 is 0 Å². The summed E-state index contributed by atoms with van der Waals surface area (Å²) in [6.07, 6.45) is 3.92. The third kappa shape index (κ3) is 3.76. The van der Waals surface area contributed by atoms with Crippen molar-refractivity contribution in [1.82, 2.24) is 14.5 Å². The van der Waals surface area contributed by atoms with Gasteiger partial charge in [-0.25, -0.2) is 4.98 Å². The second kappa shape index (κ2) is 8.42. The van der Waals surface area contributed by atoms with Gasteiger partial charge in [-0.15, -0.1) is 0 Å². The van der Waals surface area contributed by atoms with Crippen molar-refractivity contribution in [2.45, 2.75) is 26.3 Å². The van der Waals surface area contributed by atoms with Crippen molar-refractivity contribution in [2.75, 3.05) is 19.7 Å². The molecule has 0 bridgehead atoms. The van der Waals surface area contributed by atoms with Crippen molar-refractivity contribution in [1.29, 1.82) is 0 Å². The van der Waals surface area contributed by atoms with Crippen molar-refractivity contribution < 1.29 is 9.53 Å². The van der Waals surface area contributed by atoms with E-state index in [0.29, 0.717) is 23.8 Å². The molecule has 5 rings (SSSR count). The van der Waals surface area contributed by atoms with Crippen molar-refractivity contribution in [3.8, 4) is 5.75 Å². The van der Waals surface area contributed by atoms with Crippen LogP contribution in [-0.2, 0) is 6.54 Å². The number of fused-ring (bicyclic) bond motifs is 2. The van der Waals surface area contributed by atoms with Gasteiger partial charge in [-0.1, -0.05) is 42.5 Å². The predicted molar refractivity (Wildman–Crippen MR) is 123 cm³/mol. The third-order valence-electron chi connectivity index (χ3n) is 6.29. The monoisotopic (exact) mass is 413 g/mol. The van der Waals surface area contributed by atoms with E-state index in [-0.39, 0.29) is 5.91 Å². The zero-order chi connectivity index (χ0) is 21.2. The number of carbonyl (C=O) groups is 1. The summed E-state index contributed by atoms with van der Waals surface area (Å²) in [5.41, 5.74) is 2.91. The van der Waals surface area contributed by atoms with Crippen molar-refractivity contribution >= 4 is 27.7 Å². The van der Waals surface area contributed by atoms with Crippen molar-refractivity contribution in [3.05, 3.63) is 72.6 Å². The lowest BCUT2D eigenvalue weighted by Crippen LogP contribution is -2.39. The Balaban J connectivity index is 1.33. The number of hydrogen-bond acceptors (Lipinski definition) is 3. The Kier molecular flexibility index (Phi) is 5.33. The van der Waals surface area contributed by atoms with Crippen molar-refractivity contribution in [3.63, 3.8) is 0 Å². The molecule has 4 aromatic rings. The summed E-state index contributed by atoms with van der Waals surface area (Å²) in [5.74, 6) is 1.30. The largest absolute Gasteiger partial charge is 0.493 e. The molecule has 1 aromatic heterocycles. The molecule has 0 aliphatic carbocycles. The van der Waals surface area contributed by atoms with E-state index >= 15 is 0 Å². The molecule has 2 heterocycles. The van der Waals surface area contributed by atoms with E-state index < -0.39 is 0 Å². The van der Waals surface area contributed by atoms with Crippen LogP contribution in [-0.4, -0.2) is 40.1 Å². The summed E-state index contributed by atoms with van der Waals surface area (Å²) in [7, 11) is 0. The maximum absolute atomic E-state index is 13.5. The first-order valence-electron chi connectivity index (χ1n) is 11.1. The maximum atomic E-state index is 13.5. The number of aromatic nitrogens is 2. The highest BCUT2D eigenvalue weighted by Crippen LogP contribution is 2.31. The average molecular weight is 414 g/mol. The van der Waals surface area contributed by atoms with Gasteiger partial charge in [-0.2, -0.15) is 0 Å². The lowest BCUT2D eigenvalue weighted by atomic mass is 9.95. The number of rotatable bonds is 5. The number of amides is 1. The normalized spacial score (nSPS) is 14.9. The first kappa shape index (κ1) is 19.6. The Bertz CT molecular complexity index is 1220. The second-order valence-corrected chi connectivity index (χ2v) is 8.21. The summed E-state index contributed by atoms with van der Waals surface area (Å²) < 4.78 is 8.08. The summed E-state index contributed by atoms with van der Waals surface area (Å²) in [6.45, 7) is 4.98. The molecular weight excluding hydrogens is 386 g/mol. The molecule has 1 saturated heterocycles. The van der Waals surface area contributed by atoms with E-state index in [2.05, 4.69) is 21.7 Å². The fraction of sp³-hybridized carbons (Fsp3) is 0.308. The standard InChI is InChI=1S/C26H27N3O2/c1-2-31-24-12-11-20-7-3-4-8-21(20)25(24)26(30)28-15-13-19(14-16-28)17-29-18-27-22-9-5-6-10-23(22)29/h3-12,18-19H,2,13-17H2,1H3. The lowest BCUT2D eigenvalue weighted by molar-refractivity contribution is 0.0681. The summed E-state index contributed by atoms with van der Waals surface area (Å²) in [6, 6.07) is 20.2. The molecule has 1 amide bonds. The average Bonchev–Trinajstić information content (AvgIpc) is 3.22. The topological polar surface area (TPSA) is 47.4 Å². The predicted octanol–water partition coefficient (Wildman–Crippen LogP) is 5.14. The number of para-hydroxylation sites is 2. The Morgan fingerprint density at radius 1 is 1.03 bits per heavy atom. The Labute approximate surface area is 182 Å². The summed E-state index contributed by atoms with van der Waals surface area (Å²) in [5, 5.41) is 2.03. The van der Waals surface area contributed by atoms with Gasteiger partial charge in [-0.05, 0) is 54.7 Å². The van der Waals surface area contributed by atoms with Gasteiger partial charge in [-0.3, -0.25) is 4.79 Å². The van der Waals surface area contributed by atoms with E-state index in [1.54, 1.807) is 0 Å². The van der Waals surface area contributed by atoms with Crippen LogP contribution in [0.4, 0.5) is 0 Å². The molecule has 31 heavy (non-hydrogen) atoms. The third-order valence-corrected chi connectivity index (χ3v) is 6.29. The molecule has 1 aliphatic heterocycles. The quantitative estimate of drug-likeness (QED) is 0.455. The molecule has 5 heteroatoms. The SMILES string of the molecule is CCOc1ccc2ccccc2c1C(=O)N1CCC(Cn2cnc3ccccc32)CC1.